The molecule has 0 bridgehead atoms. The SMILES string of the molecule is Fc1ccc(Oc2nc(N3CCOCC3)nc3c2CN(Cc2ccccn2)CC3)c(F)c1. The molecule has 0 amide bonds. The standard InChI is InChI=1S/C23H23F2N5O2/c24-16-4-5-21(19(25)13-16)32-22-18-15-29(14-17-3-1-2-7-26-17)8-6-20(18)27-23(28-22)30-9-11-31-12-10-30/h1-5,7,13H,6,8-12,14-15H2. The minimum Gasteiger partial charge on any atom is -0.435 e. The van der Waals surface area contributed by atoms with E-state index in [0.29, 0.717) is 57.6 Å². The number of halogens is 2. The van der Waals surface area contributed by atoms with Crippen molar-refractivity contribution in [3.05, 3.63) is 71.2 Å². The molecule has 0 atom stereocenters. The minimum absolute atomic E-state index is 0.0675. The predicted octanol–water partition coefficient (Wildman–Crippen LogP) is 3.34. The Labute approximate surface area is 184 Å². The van der Waals surface area contributed by atoms with Gasteiger partial charge in [-0.15, -0.1) is 0 Å². The number of pyridine rings is 1. The summed E-state index contributed by atoms with van der Waals surface area (Å²) in [4.78, 5) is 18.1. The lowest BCUT2D eigenvalue weighted by Gasteiger charge is -2.31. The molecule has 4 heterocycles. The molecule has 0 radical (unpaired) electrons. The Morgan fingerprint density at radius 2 is 1.91 bits per heavy atom. The first-order chi connectivity index (χ1) is 15.7. The number of rotatable bonds is 5. The van der Waals surface area contributed by atoms with Gasteiger partial charge in [0.25, 0.3) is 0 Å². The fourth-order valence-corrected chi connectivity index (χ4v) is 3.93. The highest BCUT2D eigenvalue weighted by atomic mass is 19.1. The second kappa shape index (κ2) is 9.13. The Morgan fingerprint density at radius 1 is 1.03 bits per heavy atom. The third-order valence-electron chi connectivity index (χ3n) is 5.60. The van der Waals surface area contributed by atoms with Gasteiger partial charge in [0.2, 0.25) is 11.8 Å². The zero-order valence-corrected chi connectivity index (χ0v) is 17.5. The zero-order chi connectivity index (χ0) is 21.9. The molecule has 0 unspecified atom stereocenters. The van der Waals surface area contributed by atoms with Crippen LogP contribution in [-0.2, 0) is 24.2 Å². The molecule has 1 saturated heterocycles. The van der Waals surface area contributed by atoms with E-state index in [1.807, 2.05) is 23.1 Å². The maximum absolute atomic E-state index is 14.3. The van der Waals surface area contributed by atoms with Crippen LogP contribution in [0.15, 0.2) is 42.6 Å². The minimum atomic E-state index is -0.772. The van der Waals surface area contributed by atoms with Gasteiger partial charge in [-0.25, -0.2) is 13.8 Å². The van der Waals surface area contributed by atoms with Crippen molar-refractivity contribution in [1.29, 1.82) is 0 Å². The average Bonchev–Trinajstić information content (AvgIpc) is 2.82. The Kier molecular flexibility index (Phi) is 5.91. The van der Waals surface area contributed by atoms with E-state index in [1.165, 1.54) is 12.1 Å². The molecular formula is C23H23F2N5O2. The molecule has 1 fully saturated rings. The van der Waals surface area contributed by atoms with E-state index in [4.69, 9.17) is 14.5 Å². The van der Waals surface area contributed by atoms with Crippen LogP contribution in [0.4, 0.5) is 14.7 Å². The van der Waals surface area contributed by atoms with E-state index in [-0.39, 0.29) is 5.75 Å². The molecule has 0 aliphatic carbocycles. The first-order valence-electron chi connectivity index (χ1n) is 10.6. The average molecular weight is 439 g/mol. The molecule has 9 heteroatoms. The van der Waals surface area contributed by atoms with Crippen LogP contribution in [-0.4, -0.2) is 52.7 Å². The van der Waals surface area contributed by atoms with Crippen molar-refractivity contribution in [3.8, 4) is 11.6 Å². The fourth-order valence-electron chi connectivity index (χ4n) is 3.93. The van der Waals surface area contributed by atoms with Gasteiger partial charge in [-0.2, -0.15) is 4.98 Å². The molecule has 3 aromatic rings. The molecule has 0 spiro atoms. The van der Waals surface area contributed by atoms with Crippen LogP contribution in [0, 0.1) is 11.6 Å². The van der Waals surface area contributed by atoms with Crippen molar-refractivity contribution in [2.45, 2.75) is 19.5 Å². The maximum Gasteiger partial charge on any atom is 0.229 e. The van der Waals surface area contributed by atoms with Crippen molar-refractivity contribution in [3.63, 3.8) is 0 Å². The number of benzene rings is 1. The lowest BCUT2D eigenvalue weighted by atomic mass is 10.1. The van der Waals surface area contributed by atoms with Gasteiger partial charge < -0.3 is 14.4 Å². The van der Waals surface area contributed by atoms with E-state index in [9.17, 15) is 8.78 Å². The number of morpholine rings is 1. The summed E-state index contributed by atoms with van der Waals surface area (Å²) < 4.78 is 39.0. The molecular weight excluding hydrogens is 416 g/mol. The Morgan fingerprint density at radius 3 is 2.69 bits per heavy atom. The van der Waals surface area contributed by atoms with Gasteiger partial charge >= 0.3 is 0 Å². The van der Waals surface area contributed by atoms with Gasteiger partial charge in [0, 0.05) is 51.4 Å². The molecule has 2 aliphatic heterocycles. The number of aromatic nitrogens is 3. The Balaban J connectivity index is 1.47. The first kappa shape index (κ1) is 20.7. The van der Waals surface area contributed by atoms with Gasteiger partial charge in [0.05, 0.1) is 30.2 Å². The van der Waals surface area contributed by atoms with E-state index >= 15 is 0 Å². The molecule has 5 rings (SSSR count). The van der Waals surface area contributed by atoms with Crippen LogP contribution >= 0.6 is 0 Å². The van der Waals surface area contributed by atoms with Crippen molar-refractivity contribution in [1.82, 2.24) is 19.9 Å². The van der Waals surface area contributed by atoms with Gasteiger partial charge in [-0.1, -0.05) is 6.07 Å². The third-order valence-corrected chi connectivity index (χ3v) is 5.60. The van der Waals surface area contributed by atoms with E-state index < -0.39 is 11.6 Å². The normalized spacial score (nSPS) is 16.6. The molecule has 166 valence electrons. The van der Waals surface area contributed by atoms with Crippen molar-refractivity contribution >= 4 is 5.95 Å². The summed E-state index contributed by atoms with van der Waals surface area (Å²) in [6, 6.07) is 9.09. The highest BCUT2D eigenvalue weighted by Crippen LogP contribution is 2.33. The van der Waals surface area contributed by atoms with Crippen LogP contribution in [0.1, 0.15) is 17.0 Å². The van der Waals surface area contributed by atoms with E-state index in [2.05, 4.69) is 14.9 Å². The van der Waals surface area contributed by atoms with Crippen molar-refractivity contribution in [2.75, 3.05) is 37.7 Å². The number of hydrogen-bond acceptors (Lipinski definition) is 7. The summed E-state index contributed by atoms with van der Waals surface area (Å²) >= 11 is 0. The van der Waals surface area contributed by atoms with Gasteiger partial charge in [-0.05, 0) is 24.3 Å². The molecule has 1 aromatic carbocycles. The molecule has 2 aromatic heterocycles. The fraction of sp³-hybridized carbons (Fsp3) is 0.348. The monoisotopic (exact) mass is 439 g/mol. The van der Waals surface area contributed by atoms with Crippen molar-refractivity contribution in [2.24, 2.45) is 0 Å². The Bertz CT molecular complexity index is 1090. The van der Waals surface area contributed by atoms with Crippen molar-refractivity contribution < 1.29 is 18.3 Å². The van der Waals surface area contributed by atoms with E-state index in [1.54, 1.807) is 6.20 Å². The smallest absolute Gasteiger partial charge is 0.229 e. The topological polar surface area (TPSA) is 63.6 Å². The van der Waals surface area contributed by atoms with Gasteiger partial charge in [-0.3, -0.25) is 9.88 Å². The molecule has 7 nitrogen and oxygen atoms in total. The molecule has 2 aliphatic rings. The molecule has 0 saturated carbocycles. The number of hydrogen-bond donors (Lipinski definition) is 0. The summed E-state index contributed by atoms with van der Waals surface area (Å²) in [6.45, 7) is 4.59. The number of nitrogens with zero attached hydrogens (tertiary/aromatic N) is 5. The second-order valence-corrected chi connectivity index (χ2v) is 7.81. The summed E-state index contributed by atoms with van der Waals surface area (Å²) in [7, 11) is 0. The third kappa shape index (κ3) is 4.53. The van der Waals surface area contributed by atoms with E-state index in [0.717, 1.165) is 29.6 Å². The molecule has 32 heavy (non-hydrogen) atoms. The summed E-state index contributed by atoms with van der Waals surface area (Å²) in [6.07, 6.45) is 2.49. The highest BCUT2D eigenvalue weighted by molar-refractivity contribution is 5.44. The second-order valence-electron chi connectivity index (χ2n) is 7.81. The number of fused-ring (bicyclic) bond motifs is 1. The van der Waals surface area contributed by atoms with Crippen LogP contribution in [0.2, 0.25) is 0 Å². The predicted molar refractivity (Wildman–Crippen MR) is 114 cm³/mol. The largest absolute Gasteiger partial charge is 0.435 e. The van der Waals surface area contributed by atoms with Crippen LogP contribution in [0.3, 0.4) is 0 Å². The molecule has 0 N–H and O–H groups in total. The Hall–Kier alpha value is -3.17. The van der Waals surface area contributed by atoms with Gasteiger partial charge in [0.1, 0.15) is 5.82 Å². The van der Waals surface area contributed by atoms with Crippen LogP contribution < -0.4 is 9.64 Å². The van der Waals surface area contributed by atoms with Crippen LogP contribution in [0.25, 0.3) is 0 Å². The maximum atomic E-state index is 14.3. The zero-order valence-electron chi connectivity index (χ0n) is 17.5. The first-order valence-corrected chi connectivity index (χ1v) is 10.6. The van der Waals surface area contributed by atoms with Crippen LogP contribution in [0.5, 0.6) is 11.6 Å². The van der Waals surface area contributed by atoms with Gasteiger partial charge in [0.15, 0.2) is 11.6 Å². The summed E-state index contributed by atoms with van der Waals surface area (Å²) in [5, 5.41) is 0. The summed E-state index contributed by atoms with van der Waals surface area (Å²) in [5.74, 6) is -0.654. The lowest BCUT2D eigenvalue weighted by Crippen LogP contribution is -2.38. The number of ether oxygens (including phenoxy) is 2. The summed E-state index contributed by atoms with van der Waals surface area (Å²) in [5.41, 5.74) is 2.66. The highest BCUT2D eigenvalue weighted by Gasteiger charge is 2.26. The number of anilines is 1. The quantitative estimate of drug-likeness (QED) is 0.604. The lowest BCUT2D eigenvalue weighted by molar-refractivity contribution is 0.122.